The first-order valence-corrected chi connectivity index (χ1v) is 7.31. The number of anilines is 1. The van der Waals surface area contributed by atoms with E-state index in [0.717, 1.165) is 17.5 Å². The number of aromatic nitrogens is 3. The van der Waals surface area contributed by atoms with Gasteiger partial charge in [0.15, 0.2) is 0 Å². The number of para-hydroxylation sites is 1. The Balaban J connectivity index is 1.90. The molecule has 0 spiro atoms. The van der Waals surface area contributed by atoms with Crippen molar-refractivity contribution in [1.29, 1.82) is 0 Å². The van der Waals surface area contributed by atoms with Gasteiger partial charge in [0.1, 0.15) is 5.52 Å². The van der Waals surface area contributed by atoms with Crippen LogP contribution in [0.5, 0.6) is 0 Å². The first-order valence-electron chi connectivity index (χ1n) is 7.31. The van der Waals surface area contributed by atoms with E-state index in [1.54, 1.807) is 0 Å². The van der Waals surface area contributed by atoms with E-state index in [-0.39, 0.29) is 5.54 Å². The van der Waals surface area contributed by atoms with Gasteiger partial charge in [0.05, 0.1) is 11.1 Å². The molecular weight excluding hydrogens is 250 g/mol. The Morgan fingerprint density at radius 3 is 2.80 bits per heavy atom. The highest BCUT2D eigenvalue weighted by atomic mass is 15.3. The van der Waals surface area contributed by atoms with E-state index in [1.807, 2.05) is 24.3 Å². The summed E-state index contributed by atoms with van der Waals surface area (Å²) in [6.45, 7) is 2.86. The van der Waals surface area contributed by atoms with E-state index in [2.05, 4.69) is 27.4 Å². The Morgan fingerprint density at radius 2 is 2.05 bits per heavy atom. The van der Waals surface area contributed by atoms with Gasteiger partial charge in [-0.3, -0.25) is 0 Å². The molecule has 1 aromatic heterocycles. The lowest BCUT2D eigenvalue weighted by Crippen LogP contribution is -2.52. The molecule has 2 unspecified atom stereocenters. The molecule has 106 valence electrons. The zero-order chi connectivity index (χ0) is 14.0. The van der Waals surface area contributed by atoms with Gasteiger partial charge in [-0.25, -0.2) is 4.98 Å². The van der Waals surface area contributed by atoms with Crippen molar-refractivity contribution in [2.45, 2.75) is 38.1 Å². The molecule has 2 atom stereocenters. The predicted molar refractivity (Wildman–Crippen MR) is 80.4 cm³/mol. The fraction of sp³-hybridized carbons (Fsp3) is 0.533. The van der Waals surface area contributed by atoms with Crippen LogP contribution in [0.4, 0.5) is 5.95 Å². The Bertz CT molecular complexity index is 600. The first-order chi connectivity index (χ1) is 9.73. The van der Waals surface area contributed by atoms with E-state index >= 15 is 0 Å². The predicted octanol–water partition coefficient (Wildman–Crippen LogP) is 2.34. The average molecular weight is 271 g/mol. The van der Waals surface area contributed by atoms with Crippen molar-refractivity contribution in [3.63, 3.8) is 0 Å². The smallest absolute Gasteiger partial charge is 0.243 e. The third-order valence-electron chi connectivity index (χ3n) is 4.54. The van der Waals surface area contributed by atoms with Crippen molar-refractivity contribution in [1.82, 2.24) is 15.2 Å². The fourth-order valence-corrected chi connectivity index (χ4v) is 3.11. The minimum absolute atomic E-state index is 0.0949. The number of nitrogens with two attached hydrogens (primary N) is 1. The summed E-state index contributed by atoms with van der Waals surface area (Å²) in [7, 11) is 0. The summed E-state index contributed by atoms with van der Waals surface area (Å²) in [5.74, 6) is 1.11. The van der Waals surface area contributed by atoms with Gasteiger partial charge in [-0.05, 0) is 30.9 Å². The summed E-state index contributed by atoms with van der Waals surface area (Å²) in [6.07, 6.45) is 4.75. The third-order valence-corrected chi connectivity index (χ3v) is 4.54. The zero-order valence-corrected chi connectivity index (χ0v) is 11.8. The summed E-state index contributed by atoms with van der Waals surface area (Å²) < 4.78 is 0. The zero-order valence-electron chi connectivity index (χ0n) is 11.8. The van der Waals surface area contributed by atoms with Gasteiger partial charge >= 0.3 is 0 Å². The van der Waals surface area contributed by atoms with Crippen molar-refractivity contribution < 1.29 is 0 Å². The lowest BCUT2D eigenvalue weighted by molar-refractivity contribution is 0.234. The standard InChI is InChI=1S/C15H21N5/c1-11-6-4-5-9-15(11,10-16)18-14-17-12-7-2-3-8-13(12)19-20-14/h2-3,7-8,11H,4-6,9-10,16H2,1H3,(H,17,18,20). The molecule has 1 fully saturated rings. The van der Waals surface area contributed by atoms with Gasteiger partial charge < -0.3 is 11.1 Å². The molecule has 0 amide bonds. The average Bonchev–Trinajstić information content (AvgIpc) is 2.49. The topological polar surface area (TPSA) is 76.7 Å². The second-order valence-electron chi connectivity index (χ2n) is 5.76. The van der Waals surface area contributed by atoms with Crippen molar-refractivity contribution in [2.75, 3.05) is 11.9 Å². The summed E-state index contributed by atoms with van der Waals surface area (Å²) in [5, 5.41) is 11.9. The minimum atomic E-state index is -0.0949. The van der Waals surface area contributed by atoms with E-state index < -0.39 is 0 Å². The van der Waals surface area contributed by atoms with E-state index in [9.17, 15) is 0 Å². The normalized spacial score (nSPS) is 26.6. The van der Waals surface area contributed by atoms with Crippen molar-refractivity contribution in [2.24, 2.45) is 11.7 Å². The molecule has 5 nitrogen and oxygen atoms in total. The number of hydrogen-bond donors (Lipinski definition) is 2. The highest BCUT2D eigenvalue weighted by molar-refractivity contribution is 5.74. The van der Waals surface area contributed by atoms with Crippen LogP contribution in [0, 0.1) is 5.92 Å². The number of nitrogens with zero attached hydrogens (tertiary/aromatic N) is 3. The Morgan fingerprint density at radius 1 is 1.25 bits per heavy atom. The van der Waals surface area contributed by atoms with Crippen LogP contribution in [0.1, 0.15) is 32.6 Å². The SMILES string of the molecule is CC1CCCCC1(CN)Nc1nnc2ccccc2n1. The molecule has 1 heterocycles. The van der Waals surface area contributed by atoms with Crippen molar-refractivity contribution in [3.8, 4) is 0 Å². The molecule has 1 aliphatic carbocycles. The molecule has 20 heavy (non-hydrogen) atoms. The lowest BCUT2D eigenvalue weighted by Gasteiger charge is -2.42. The summed E-state index contributed by atoms with van der Waals surface area (Å²) in [5.41, 5.74) is 7.63. The third kappa shape index (κ3) is 2.33. The molecule has 0 aliphatic heterocycles. The number of nitrogens with one attached hydrogen (secondary N) is 1. The first kappa shape index (κ1) is 13.2. The number of hydrogen-bond acceptors (Lipinski definition) is 5. The maximum atomic E-state index is 6.05. The van der Waals surface area contributed by atoms with Gasteiger partial charge in [0, 0.05) is 6.54 Å². The van der Waals surface area contributed by atoms with Crippen LogP contribution >= 0.6 is 0 Å². The number of rotatable bonds is 3. The molecule has 0 saturated heterocycles. The maximum Gasteiger partial charge on any atom is 0.243 e. The summed E-state index contributed by atoms with van der Waals surface area (Å²) in [4.78, 5) is 4.56. The van der Waals surface area contributed by atoms with Gasteiger partial charge in [0.25, 0.3) is 0 Å². The van der Waals surface area contributed by atoms with Crippen molar-refractivity contribution in [3.05, 3.63) is 24.3 Å². The van der Waals surface area contributed by atoms with Gasteiger partial charge in [-0.1, -0.05) is 31.9 Å². The molecule has 3 N–H and O–H groups in total. The van der Waals surface area contributed by atoms with E-state index in [0.29, 0.717) is 18.4 Å². The number of benzene rings is 1. The van der Waals surface area contributed by atoms with Gasteiger partial charge in [-0.15, -0.1) is 10.2 Å². The highest BCUT2D eigenvalue weighted by Gasteiger charge is 2.37. The largest absolute Gasteiger partial charge is 0.346 e. The van der Waals surface area contributed by atoms with Crippen LogP contribution in [-0.4, -0.2) is 27.3 Å². The molecule has 2 aromatic rings. The molecule has 1 aliphatic rings. The molecule has 3 rings (SSSR count). The van der Waals surface area contributed by atoms with Crippen LogP contribution in [0.3, 0.4) is 0 Å². The van der Waals surface area contributed by atoms with Crippen LogP contribution in [0.15, 0.2) is 24.3 Å². The number of fused-ring (bicyclic) bond motifs is 1. The van der Waals surface area contributed by atoms with Gasteiger partial charge in [-0.2, -0.15) is 0 Å². The molecule has 1 aromatic carbocycles. The molecule has 1 saturated carbocycles. The maximum absolute atomic E-state index is 6.05. The Labute approximate surface area is 119 Å². The van der Waals surface area contributed by atoms with Gasteiger partial charge in [0.2, 0.25) is 5.95 Å². The van der Waals surface area contributed by atoms with Crippen LogP contribution in [0.2, 0.25) is 0 Å². The highest BCUT2D eigenvalue weighted by Crippen LogP contribution is 2.35. The summed E-state index contributed by atoms with van der Waals surface area (Å²) >= 11 is 0. The lowest BCUT2D eigenvalue weighted by atomic mass is 9.73. The quantitative estimate of drug-likeness (QED) is 0.896. The van der Waals surface area contributed by atoms with Crippen molar-refractivity contribution >= 4 is 17.0 Å². The van der Waals surface area contributed by atoms with E-state index in [4.69, 9.17) is 5.73 Å². The molecule has 0 bridgehead atoms. The van der Waals surface area contributed by atoms with Crippen LogP contribution < -0.4 is 11.1 Å². The molecular formula is C15H21N5. The molecule has 5 heteroatoms. The van der Waals surface area contributed by atoms with Crippen LogP contribution in [0.25, 0.3) is 11.0 Å². The second kappa shape index (κ2) is 5.32. The Kier molecular flexibility index (Phi) is 3.53. The fourth-order valence-electron chi connectivity index (χ4n) is 3.11. The second-order valence-corrected chi connectivity index (χ2v) is 5.76. The monoisotopic (exact) mass is 271 g/mol. The Hall–Kier alpha value is -1.75. The van der Waals surface area contributed by atoms with Crippen LogP contribution in [-0.2, 0) is 0 Å². The molecule has 0 radical (unpaired) electrons. The van der Waals surface area contributed by atoms with E-state index in [1.165, 1.54) is 19.3 Å². The minimum Gasteiger partial charge on any atom is -0.346 e. The summed E-state index contributed by atoms with van der Waals surface area (Å²) in [6, 6.07) is 7.77.